The average molecular weight is 1290 g/mol. The summed E-state index contributed by atoms with van der Waals surface area (Å²) >= 11 is 0. The van der Waals surface area contributed by atoms with Crippen molar-refractivity contribution in [2.24, 2.45) is 53.3 Å². The first-order valence-corrected chi connectivity index (χ1v) is 37.7. The zero-order valence-electron chi connectivity index (χ0n) is 58.0. The lowest BCUT2D eigenvalue weighted by atomic mass is 9.79. The maximum atomic E-state index is 14.1. The lowest BCUT2D eigenvalue weighted by molar-refractivity contribution is -0.374. The van der Waals surface area contributed by atoms with Crippen LogP contribution in [0.2, 0.25) is 0 Å². The van der Waals surface area contributed by atoms with Crippen LogP contribution in [0, 0.1) is 53.3 Å². The van der Waals surface area contributed by atoms with E-state index in [1.54, 1.807) is 6.92 Å². The number of rotatable bonds is 54. The number of ether oxygens (including phenoxy) is 5. The molecule has 2 saturated heterocycles. The van der Waals surface area contributed by atoms with E-state index in [0.717, 1.165) is 70.6 Å². The Bertz CT molecular complexity index is 1880. The highest BCUT2D eigenvalue weighted by Gasteiger charge is 2.55. The van der Waals surface area contributed by atoms with Gasteiger partial charge in [0.2, 0.25) is 6.29 Å². The van der Waals surface area contributed by atoms with E-state index in [4.69, 9.17) is 23.7 Å². The van der Waals surface area contributed by atoms with Gasteiger partial charge in [0, 0.05) is 6.42 Å². The van der Waals surface area contributed by atoms with Crippen LogP contribution in [0.25, 0.3) is 0 Å². The van der Waals surface area contributed by atoms with Crippen molar-refractivity contribution in [3.63, 3.8) is 0 Å². The summed E-state index contributed by atoms with van der Waals surface area (Å²) in [5.74, 6) is 1.59. The van der Waals surface area contributed by atoms with E-state index in [-0.39, 0.29) is 18.4 Å². The molecule has 0 aromatic heterocycles. The number of aliphatic hydroxyl groups is 6. The number of carbonyl (C=O) groups excluding carboxylic acids is 2. The lowest BCUT2D eigenvalue weighted by Gasteiger charge is -2.46. The van der Waals surface area contributed by atoms with Crippen LogP contribution in [0.4, 0.5) is 0 Å². The molecule has 2 aliphatic rings. The van der Waals surface area contributed by atoms with Crippen molar-refractivity contribution in [3.8, 4) is 0 Å². The molecule has 2 heterocycles. The summed E-state index contributed by atoms with van der Waals surface area (Å²) in [6, 6.07) is 0. The third-order valence-electron chi connectivity index (χ3n) is 19.1. The molecule has 0 aromatic carbocycles. The Balaban J connectivity index is 1.94. The Morgan fingerprint density at radius 2 is 0.787 bits per heavy atom. The fraction of sp³-hybridized carbons (Fsp3) is 0.972. The molecular weight excluding hydrogens is 1160 g/mol. The highest BCUT2D eigenvalue weighted by atomic mass is 32.3. The molecule has 0 aromatic rings. The van der Waals surface area contributed by atoms with Crippen LogP contribution < -0.4 is 0 Å². The van der Waals surface area contributed by atoms with Crippen LogP contribution in [0.1, 0.15) is 307 Å². The van der Waals surface area contributed by atoms with Gasteiger partial charge in [-0.05, 0) is 112 Å². The van der Waals surface area contributed by atoms with Crippen LogP contribution in [-0.2, 0) is 47.9 Å². The molecule has 2 rings (SSSR count). The number of carbonyl (C=O) groups is 2. The molecular formula is C71H136O17S. The first-order chi connectivity index (χ1) is 42.3. The zero-order chi connectivity index (χ0) is 66.3. The molecule has 0 aliphatic carbocycles. The summed E-state index contributed by atoms with van der Waals surface area (Å²) in [5.41, 5.74) is 0. The molecule has 89 heavy (non-hydrogen) atoms. The van der Waals surface area contributed by atoms with Crippen molar-refractivity contribution in [2.45, 2.75) is 375 Å². The Labute approximate surface area is 542 Å². The number of aliphatic hydroxyl groups excluding tert-OH is 6. The summed E-state index contributed by atoms with van der Waals surface area (Å²) in [4.78, 5) is 27.7. The van der Waals surface area contributed by atoms with Gasteiger partial charge < -0.3 is 54.3 Å². The fourth-order valence-corrected chi connectivity index (χ4v) is 15.1. The van der Waals surface area contributed by atoms with Crippen LogP contribution in [0.3, 0.4) is 0 Å². The second-order valence-electron chi connectivity index (χ2n) is 29.0. The maximum Gasteiger partial charge on any atom is 0.397 e. The van der Waals surface area contributed by atoms with E-state index < -0.39 is 103 Å². The standard InChI is InChI=1S/C71H136O17S/c1-12-14-16-18-20-22-24-26-28-30-32-34-36-38-59(74)57(10)46-55(8)44-53(6)42-51(4)40-50(3)41-52(5)43-54(7)45-56(9)47-58(11)69(79)86-66-64(77)61(49-73)84-71(87-70-67(88-89(80,81)82)65(78)63(76)60(48-72)83-70)68(66)85-62(75)39-37-35-33-31-29-27-25-23-21-19-17-15-13-2/h50-61,63-68,70-74,76-78H,12-49H2,1-11H3,(H,80,81,82)/t50-,51+,52-,53+,54-,55+,56-,57+,58-,59?,60?,61?,63+,64+,65?,66?,67-,68+,70+,71+/m0/s1. The highest BCUT2D eigenvalue weighted by Crippen LogP contribution is 2.36. The Kier molecular flexibility index (Phi) is 45.2. The Hall–Kier alpha value is -1.55. The Morgan fingerprint density at radius 3 is 1.18 bits per heavy atom. The normalized spacial score (nSPS) is 26.0. The van der Waals surface area contributed by atoms with Gasteiger partial charge in [0.1, 0.15) is 30.5 Å². The van der Waals surface area contributed by atoms with E-state index in [0.29, 0.717) is 54.3 Å². The molecule has 7 N–H and O–H groups in total. The smallest absolute Gasteiger partial charge is 0.397 e. The van der Waals surface area contributed by atoms with Gasteiger partial charge in [-0.15, -0.1) is 0 Å². The van der Waals surface area contributed by atoms with Gasteiger partial charge >= 0.3 is 22.3 Å². The minimum absolute atomic E-state index is 0.0543. The monoisotopic (exact) mass is 1290 g/mol. The first kappa shape index (κ1) is 83.5. The number of esters is 2. The van der Waals surface area contributed by atoms with Crippen LogP contribution in [-0.4, -0.2) is 136 Å². The molecule has 20 atom stereocenters. The average Bonchev–Trinajstić information content (AvgIpc) is 2.98. The van der Waals surface area contributed by atoms with Gasteiger partial charge in [-0.25, -0.2) is 4.18 Å². The van der Waals surface area contributed by atoms with Gasteiger partial charge in [0.15, 0.2) is 24.6 Å². The SMILES string of the molecule is CCCCCCCCCCCCCCCC(=O)O[C@@H]1C(OC(=O)[C@@H](C)C[C@@H](C)C[C@@H](C)C[C@@H](C)C[C@@H](C)C[C@@H](C)C[C@@H](C)C[C@@H](C)C[C@@H](C)C(O)CCCCCCCCCCCCCCC)[C@H](O)C(CO)O[C@@H]1O[C@H]1OC(CO)[C@@H](O)C(O)[C@@H]1OS(=O)(=O)O. The molecule has 0 bridgehead atoms. The molecule has 0 saturated carbocycles. The molecule has 17 nitrogen and oxygen atoms in total. The van der Waals surface area contributed by atoms with Gasteiger partial charge in [-0.2, -0.15) is 8.42 Å². The van der Waals surface area contributed by atoms with Gasteiger partial charge in [-0.1, -0.05) is 237 Å². The highest BCUT2D eigenvalue weighted by molar-refractivity contribution is 7.80. The first-order valence-electron chi connectivity index (χ1n) is 36.3. The lowest BCUT2D eigenvalue weighted by Crippen LogP contribution is -2.65. The fourth-order valence-electron chi connectivity index (χ4n) is 14.6. The molecule has 2 fully saturated rings. The third-order valence-corrected chi connectivity index (χ3v) is 19.6. The zero-order valence-corrected chi connectivity index (χ0v) is 58.9. The third kappa shape index (κ3) is 36.8. The van der Waals surface area contributed by atoms with E-state index in [9.17, 15) is 53.2 Å². The maximum absolute atomic E-state index is 14.1. The van der Waals surface area contributed by atoms with E-state index in [2.05, 4.69) is 73.4 Å². The van der Waals surface area contributed by atoms with Gasteiger partial charge in [-0.3, -0.25) is 14.1 Å². The van der Waals surface area contributed by atoms with Crippen molar-refractivity contribution in [3.05, 3.63) is 0 Å². The topological polar surface area (TPSA) is 265 Å². The van der Waals surface area contributed by atoms with Crippen molar-refractivity contribution in [1.29, 1.82) is 0 Å². The van der Waals surface area contributed by atoms with Crippen molar-refractivity contribution >= 4 is 22.3 Å². The number of unbranched alkanes of at least 4 members (excludes halogenated alkanes) is 24. The Morgan fingerprint density at radius 1 is 0.438 bits per heavy atom. The molecule has 0 spiro atoms. The molecule has 0 amide bonds. The minimum atomic E-state index is -5.32. The molecule has 18 heteroatoms. The summed E-state index contributed by atoms with van der Waals surface area (Å²) < 4.78 is 67.5. The number of hydrogen-bond donors (Lipinski definition) is 7. The predicted octanol–water partition coefficient (Wildman–Crippen LogP) is 14.7. The van der Waals surface area contributed by atoms with E-state index in [1.165, 1.54) is 141 Å². The van der Waals surface area contributed by atoms with Crippen LogP contribution >= 0.6 is 0 Å². The largest absolute Gasteiger partial charge is 0.455 e. The van der Waals surface area contributed by atoms with Crippen molar-refractivity contribution in [1.82, 2.24) is 0 Å². The van der Waals surface area contributed by atoms with Crippen molar-refractivity contribution in [2.75, 3.05) is 13.2 Å². The number of hydrogen-bond acceptors (Lipinski definition) is 16. The molecule has 5 unspecified atom stereocenters. The summed E-state index contributed by atoms with van der Waals surface area (Å²) in [7, 11) is -5.32. The van der Waals surface area contributed by atoms with Crippen LogP contribution in [0.5, 0.6) is 0 Å². The quantitative estimate of drug-likeness (QED) is 0.0169. The predicted molar refractivity (Wildman–Crippen MR) is 353 cm³/mol. The van der Waals surface area contributed by atoms with E-state index >= 15 is 0 Å². The summed E-state index contributed by atoms with van der Waals surface area (Å²) in [5, 5.41) is 64.4. The van der Waals surface area contributed by atoms with E-state index in [1.807, 2.05) is 0 Å². The molecule has 0 radical (unpaired) electrons. The summed E-state index contributed by atoms with van der Waals surface area (Å²) in [6.07, 6.45) is 22.1. The molecule has 2 aliphatic heterocycles. The minimum Gasteiger partial charge on any atom is -0.455 e. The second-order valence-corrected chi connectivity index (χ2v) is 30.0. The molecule has 528 valence electrons. The van der Waals surface area contributed by atoms with Crippen LogP contribution in [0.15, 0.2) is 0 Å². The van der Waals surface area contributed by atoms with Gasteiger partial charge in [0.25, 0.3) is 0 Å². The van der Waals surface area contributed by atoms with Gasteiger partial charge in [0.05, 0.1) is 25.2 Å². The van der Waals surface area contributed by atoms with Crippen molar-refractivity contribution < 1.29 is 81.1 Å². The summed E-state index contributed by atoms with van der Waals surface area (Å²) in [6.45, 7) is 22.9. The second kappa shape index (κ2) is 48.2.